The highest BCUT2D eigenvalue weighted by Crippen LogP contribution is 2.24. The largest absolute Gasteiger partial charge is 0.394 e. The normalized spacial score (nSPS) is 16.5. The molecule has 8 aromatic rings. The average molecular weight is 1640 g/mol. The molecule has 1 saturated heterocycles. The van der Waals surface area contributed by atoms with Gasteiger partial charge in [-0.3, -0.25) is 62.3 Å². The van der Waals surface area contributed by atoms with Gasteiger partial charge in [0.25, 0.3) is 0 Å². The van der Waals surface area contributed by atoms with E-state index in [1.54, 1.807) is 121 Å². The number of aromatic nitrogens is 5. The third kappa shape index (κ3) is 24.3. The van der Waals surface area contributed by atoms with Crippen molar-refractivity contribution < 1.29 is 72.5 Å². The molecule has 35 heteroatoms. The van der Waals surface area contributed by atoms with Crippen molar-refractivity contribution >= 4 is 122 Å². The van der Waals surface area contributed by atoms with Gasteiger partial charge in [-0.15, -0.1) is 0 Å². The monoisotopic (exact) mass is 1640 g/mol. The van der Waals surface area contributed by atoms with Crippen LogP contribution < -0.4 is 74.9 Å². The number of hydrogen-bond acceptors (Lipinski definition) is 18. The van der Waals surface area contributed by atoms with Gasteiger partial charge in [0, 0.05) is 95.4 Å². The second-order valence-corrected chi connectivity index (χ2v) is 30.5. The first-order valence-electron chi connectivity index (χ1n) is 39.8. The number of hydrogen-bond donors (Lipinski definition) is 21. The number of benzene rings is 4. The van der Waals surface area contributed by atoms with Crippen molar-refractivity contribution in [2.24, 2.45) is 23.5 Å². The molecule has 13 amide bonds. The molecule has 0 saturated carbocycles. The molecule has 1 aliphatic heterocycles. The minimum Gasteiger partial charge on any atom is -0.394 e. The number of nitrogens with two attached hydrogens (primary N) is 1. The summed E-state index contributed by atoms with van der Waals surface area (Å²) < 4.78 is 0. The summed E-state index contributed by atoms with van der Waals surface area (Å²) in [5.41, 5.74) is 10.7. The molecule has 9 rings (SSSR count). The van der Waals surface area contributed by atoms with Crippen molar-refractivity contribution in [3.63, 3.8) is 0 Å². The summed E-state index contributed by atoms with van der Waals surface area (Å²) in [5.74, 6) is -13.0. The minimum absolute atomic E-state index is 0.00111. The molecule has 0 spiro atoms. The summed E-state index contributed by atoms with van der Waals surface area (Å²) in [4.78, 5) is 202. The molecule has 34 nitrogen and oxygen atoms in total. The Balaban J connectivity index is 0.873. The second-order valence-electron chi connectivity index (χ2n) is 30.1. The fourth-order valence-corrected chi connectivity index (χ4v) is 14.3. The lowest BCUT2D eigenvalue weighted by Gasteiger charge is -2.30. The maximum Gasteiger partial charge on any atom is 0.245 e. The quantitative estimate of drug-likeness (QED) is 0.0231. The highest BCUT2D eigenvalue weighted by Gasteiger charge is 2.40. The number of nitrogens with one attached hydrogen (secondary N) is 17. The Morgan fingerprint density at radius 2 is 0.856 bits per heavy atom. The summed E-state index contributed by atoms with van der Waals surface area (Å²) >= 11 is 4.27. The van der Waals surface area contributed by atoms with E-state index >= 15 is 9.59 Å². The molecule has 16 atom stereocenters. The molecular weight excluding hydrogens is 1540 g/mol. The van der Waals surface area contributed by atoms with Crippen molar-refractivity contribution in [2.75, 3.05) is 25.4 Å². The van der Waals surface area contributed by atoms with Crippen molar-refractivity contribution in [1.29, 1.82) is 0 Å². The fourth-order valence-electron chi connectivity index (χ4n) is 14.0. The first-order chi connectivity index (χ1) is 56.6. The maximum atomic E-state index is 15.0. The topological polar surface area (TPSA) is 521 Å². The van der Waals surface area contributed by atoms with Gasteiger partial charge in [0.2, 0.25) is 76.8 Å². The van der Waals surface area contributed by atoms with Crippen LogP contribution in [0, 0.1) is 17.8 Å². The van der Waals surface area contributed by atoms with Gasteiger partial charge in [-0.05, 0) is 84.5 Å². The third-order valence-corrected chi connectivity index (χ3v) is 22.0. The lowest BCUT2D eigenvalue weighted by atomic mass is 9.95. The molecule has 0 unspecified atom stereocenters. The van der Waals surface area contributed by atoms with Crippen LogP contribution in [-0.4, -0.2) is 216 Å². The highest BCUT2D eigenvalue weighted by molar-refractivity contribution is 7.80. The first kappa shape index (κ1) is 90.0. The van der Waals surface area contributed by atoms with E-state index in [-0.39, 0.29) is 37.9 Å². The minimum atomic E-state index is -1.71. The number of amides is 13. The molecule has 5 heterocycles. The number of aliphatic hydroxyl groups is 2. The summed E-state index contributed by atoms with van der Waals surface area (Å²) in [7, 11) is 0. The number of carbonyl (C=O) groups excluding carboxylic acids is 13. The van der Waals surface area contributed by atoms with E-state index in [1.165, 1.54) is 19.4 Å². The zero-order valence-corrected chi connectivity index (χ0v) is 67.9. The Morgan fingerprint density at radius 3 is 1.31 bits per heavy atom. The molecule has 632 valence electrons. The lowest BCUT2D eigenvalue weighted by molar-refractivity contribution is -0.137. The van der Waals surface area contributed by atoms with E-state index in [0.717, 1.165) is 28.2 Å². The number of rotatable bonds is 44. The SMILES string of the molecule is CC[C@H](C)[C@H](NC(=O)CNC(=O)[C@@H](NC(=O)[C@H](Cc1ccccc1)NC(=O)[C@@H](NC(=O)[C@H](Cc1c[nH]cn1)NC(=O)[C@H](Cc1c[nH]c2ccccc12)NC(=O)[C@@H](NC(=O)[C@@H]1CCCN1)[C@@H](C)O)[C@@H](C)CC)[C@@H](C)CC)C(=O)N[C@@H](Cc1c[nH]c2ccccc12)C(=O)N[C@@H](CO)C(=O)N[C@@H](CS)C(=O)N[C@@H](Cc1c[nH]c2ccccc12)C(N)=O. The van der Waals surface area contributed by atoms with Crippen LogP contribution in [0.25, 0.3) is 32.7 Å². The Labute approximate surface area is 687 Å². The van der Waals surface area contributed by atoms with Gasteiger partial charge in [0.05, 0.1) is 37.3 Å². The van der Waals surface area contributed by atoms with Crippen LogP contribution in [0.1, 0.15) is 109 Å². The number of nitrogens with zero attached hydrogens (tertiary/aromatic N) is 1. The van der Waals surface area contributed by atoms with Gasteiger partial charge in [0.1, 0.15) is 66.5 Å². The van der Waals surface area contributed by atoms with Crippen molar-refractivity contribution in [1.82, 2.24) is 94.0 Å². The predicted octanol–water partition coefficient (Wildman–Crippen LogP) is 0.494. The van der Waals surface area contributed by atoms with Crippen LogP contribution >= 0.6 is 12.6 Å². The van der Waals surface area contributed by atoms with Crippen LogP contribution in [0.15, 0.2) is 134 Å². The average Bonchev–Trinajstić information content (AvgIpc) is 1.66. The van der Waals surface area contributed by atoms with E-state index in [2.05, 4.69) is 107 Å². The highest BCUT2D eigenvalue weighted by atomic mass is 32.1. The zero-order chi connectivity index (χ0) is 85.3. The van der Waals surface area contributed by atoms with Gasteiger partial charge < -0.3 is 105 Å². The predicted molar refractivity (Wildman–Crippen MR) is 444 cm³/mol. The maximum absolute atomic E-state index is 15.0. The van der Waals surface area contributed by atoms with E-state index in [1.807, 2.05) is 42.5 Å². The number of aliphatic hydroxyl groups excluding tert-OH is 2. The van der Waals surface area contributed by atoms with Crippen LogP contribution in [0.3, 0.4) is 0 Å². The number of carbonyl (C=O) groups is 13. The molecular formula is C83H109N19O15S. The number of H-pyrrole nitrogens is 4. The van der Waals surface area contributed by atoms with E-state index in [4.69, 9.17) is 5.73 Å². The summed E-state index contributed by atoms with van der Waals surface area (Å²) in [6.45, 7) is 10.6. The van der Waals surface area contributed by atoms with Gasteiger partial charge in [-0.2, -0.15) is 12.6 Å². The fraction of sp³-hybridized carbons (Fsp3) is 0.446. The number of primary amides is 1. The molecule has 0 radical (unpaired) electrons. The van der Waals surface area contributed by atoms with Crippen molar-refractivity contribution in [3.05, 3.63) is 162 Å². The molecule has 4 aromatic heterocycles. The molecule has 0 aliphatic carbocycles. The Morgan fingerprint density at radius 1 is 0.458 bits per heavy atom. The lowest BCUT2D eigenvalue weighted by Crippen LogP contribution is -2.62. The molecule has 118 heavy (non-hydrogen) atoms. The van der Waals surface area contributed by atoms with Gasteiger partial charge in [0.15, 0.2) is 0 Å². The molecule has 1 fully saturated rings. The molecule has 4 aromatic carbocycles. The van der Waals surface area contributed by atoms with Gasteiger partial charge >= 0.3 is 0 Å². The summed E-state index contributed by atoms with van der Waals surface area (Å²) in [5, 5.41) is 59.0. The number of aromatic amines is 4. The molecule has 0 bridgehead atoms. The van der Waals surface area contributed by atoms with Gasteiger partial charge in [-0.1, -0.05) is 146 Å². The molecule has 21 N–H and O–H groups in total. The van der Waals surface area contributed by atoms with Crippen LogP contribution in [0.2, 0.25) is 0 Å². The number of fused-ring (bicyclic) bond motifs is 3. The number of imidazole rings is 1. The zero-order valence-electron chi connectivity index (χ0n) is 67.0. The first-order valence-corrected chi connectivity index (χ1v) is 40.4. The van der Waals surface area contributed by atoms with E-state index < -0.39 is 186 Å². The summed E-state index contributed by atoms with van der Waals surface area (Å²) in [6.07, 6.45) is 7.99. The smallest absolute Gasteiger partial charge is 0.245 e. The van der Waals surface area contributed by atoms with Crippen molar-refractivity contribution in [3.8, 4) is 0 Å². The van der Waals surface area contributed by atoms with Crippen LogP contribution in [0.5, 0.6) is 0 Å². The summed E-state index contributed by atoms with van der Waals surface area (Å²) in [6, 6.07) is 14.1. The van der Waals surface area contributed by atoms with Gasteiger partial charge in [-0.25, -0.2) is 4.98 Å². The number of para-hydroxylation sites is 3. The molecule has 1 aliphatic rings. The van der Waals surface area contributed by atoms with Crippen LogP contribution in [-0.2, 0) is 94.4 Å². The van der Waals surface area contributed by atoms with Crippen molar-refractivity contribution in [2.45, 2.75) is 191 Å². The van der Waals surface area contributed by atoms with E-state index in [0.29, 0.717) is 71.1 Å². The van der Waals surface area contributed by atoms with Crippen LogP contribution in [0.4, 0.5) is 0 Å². The Bertz CT molecular complexity index is 4790. The third-order valence-electron chi connectivity index (χ3n) is 21.6. The number of thiol groups is 1. The second kappa shape index (κ2) is 43.3. The Hall–Kier alpha value is -12.0. The Kier molecular flexibility index (Phi) is 33.0. The van der Waals surface area contributed by atoms with E-state index in [9.17, 15) is 63.0 Å². The standard InChI is InChI=1S/C83H109N19O15S/c1-8-44(4)68(80(114)90-40-67(105)99-69(45(5)9-2)81(115)95-63(34-51-38-89-58-28-19-16-25-55(51)58)75(109)97-65(41-103)78(112)98-66(42-118)79(113)92-60(72(84)106)32-49-36-87-56-26-17-14-23-53(49)56)100-76(110)61(31-48-21-12-11-13-22-48)94-82(116)70(46(6)10-3)101-77(111)64(35-52-39-85-43-91-52)93-74(108)62(33-50-37-88-57-27-18-15-24-54(50)57)96-83(117)71(47(7)104)102-73(107)59-29-20-30-86-59/h11-19,21-28,36-39,43-47,59-66,68-71,86-89,103-104,118H,8-10,20,29-35,40-42H2,1-7H3,(H2,84,106)(H,85,91)(H,90,114)(H,92,113)(H,93,108)(H,94,116)(H,95,115)(H,96,117)(H,97,109)(H,98,112)(H,99,105)(H,100,110)(H,101,111)(H,102,107)/t44-,45-,46-,47+,59-,60-,61-,62-,63-,64-,65-,66-,68-,69-,70-,71-/m0/s1.